The number of nitrogens with two attached hydrogens (primary N) is 1. The number of hydrogen-bond acceptors (Lipinski definition) is 3. The standard InChI is InChI=1S/C20H24ClN3O2.ClH/c1-4-20(2,3)24-18(25)15-11-10-14(12-16(15)21)23-19(26)17(22)13-8-6-5-7-9-13;/h5-12,17H,4,22H2,1-3H3,(H,23,26)(H,24,25);1H. The molecule has 0 aliphatic rings. The maximum Gasteiger partial charge on any atom is 0.253 e. The first-order chi connectivity index (χ1) is 12.2. The van der Waals surface area contributed by atoms with Crippen LogP contribution in [0.15, 0.2) is 48.5 Å². The number of anilines is 1. The molecule has 146 valence electrons. The maximum absolute atomic E-state index is 12.4. The molecule has 0 saturated heterocycles. The van der Waals surface area contributed by atoms with Gasteiger partial charge in [0, 0.05) is 11.2 Å². The van der Waals surface area contributed by atoms with Crippen molar-refractivity contribution in [1.82, 2.24) is 5.32 Å². The number of halogens is 2. The van der Waals surface area contributed by atoms with Gasteiger partial charge in [0.2, 0.25) is 5.91 Å². The van der Waals surface area contributed by atoms with Gasteiger partial charge in [0.05, 0.1) is 10.6 Å². The van der Waals surface area contributed by atoms with E-state index in [-0.39, 0.29) is 34.8 Å². The van der Waals surface area contributed by atoms with Crippen molar-refractivity contribution in [2.75, 3.05) is 5.32 Å². The molecule has 5 nitrogen and oxygen atoms in total. The van der Waals surface area contributed by atoms with Crippen LogP contribution in [0.2, 0.25) is 5.02 Å². The van der Waals surface area contributed by atoms with Gasteiger partial charge in [-0.05, 0) is 44.0 Å². The number of nitrogens with one attached hydrogen (secondary N) is 2. The van der Waals surface area contributed by atoms with Crippen molar-refractivity contribution < 1.29 is 9.59 Å². The van der Waals surface area contributed by atoms with Crippen molar-refractivity contribution in [1.29, 1.82) is 0 Å². The molecule has 27 heavy (non-hydrogen) atoms. The van der Waals surface area contributed by atoms with Crippen LogP contribution in [-0.4, -0.2) is 17.4 Å². The summed E-state index contributed by atoms with van der Waals surface area (Å²) in [6.07, 6.45) is 0.794. The van der Waals surface area contributed by atoms with Gasteiger partial charge in [-0.15, -0.1) is 12.4 Å². The Morgan fingerprint density at radius 2 is 1.78 bits per heavy atom. The Morgan fingerprint density at radius 1 is 1.15 bits per heavy atom. The molecular formula is C20H25Cl2N3O2. The first kappa shape index (κ1) is 23.0. The van der Waals surface area contributed by atoms with Crippen LogP contribution >= 0.6 is 24.0 Å². The third kappa shape index (κ3) is 6.24. The van der Waals surface area contributed by atoms with Gasteiger partial charge in [-0.1, -0.05) is 48.9 Å². The van der Waals surface area contributed by atoms with E-state index in [1.165, 1.54) is 0 Å². The van der Waals surface area contributed by atoms with Crippen LogP contribution in [0.1, 0.15) is 49.2 Å². The van der Waals surface area contributed by atoms with Gasteiger partial charge in [-0.2, -0.15) is 0 Å². The van der Waals surface area contributed by atoms with Gasteiger partial charge in [-0.25, -0.2) is 0 Å². The SMILES string of the molecule is CCC(C)(C)NC(=O)c1ccc(NC(=O)C(N)c2ccccc2)cc1Cl.Cl. The number of carbonyl (C=O) groups excluding carboxylic acids is 2. The Morgan fingerprint density at radius 3 is 2.33 bits per heavy atom. The van der Waals surface area contributed by atoms with Crippen molar-refractivity contribution >= 4 is 41.5 Å². The topological polar surface area (TPSA) is 84.2 Å². The van der Waals surface area contributed by atoms with Crippen LogP contribution in [0.25, 0.3) is 0 Å². The van der Waals surface area contributed by atoms with Crippen LogP contribution < -0.4 is 16.4 Å². The molecule has 2 amide bonds. The second-order valence-corrected chi connectivity index (χ2v) is 7.17. The van der Waals surface area contributed by atoms with Crippen molar-refractivity contribution in [3.8, 4) is 0 Å². The zero-order valence-corrected chi connectivity index (χ0v) is 17.2. The van der Waals surface area contributed by atoms with E-state index in [1.807, 2.05) is 39.0 Å². The van der Waals surface area contributed by atoms with E-state index in [0.717, 1.165) is 6.42 Å². The van der Waals surface area contributed by atoms with E-state index >= 15 is 0 Å². The average molecular weight is 410 g/mol. The molecule has 1 atom stereocenters. The van der Waals surface area contributed by atoms with Gasteiger partial charge in [0.25, 0.3) is 5.91 Å². The van der Waals surface area contributed by atoms with Crippen LogP contribution in [0.4, 0.5) is 5.69 Å². The van der Waals surface area contributed by atoms with E-state index < -0.39 is 6.04 Å². The molecule has 0 saturated carbocycles. The molecule has 4 N–H and O–H groups in total. The zero-order chi connectivity index (χ0) is 19.3. The minimum absolute atomic E-state index is 0. The normalized spacial score (nSPS) is 11.9. The van der Waals surface area contributed by atoms with E-state index in [2.05, 4.69) is 10.6 Å². The summed E-state index contributed by atoms with van der Waals surface area (Å²) in [6, 6.07) is 13.1. The van der Waals surface area contributed by atoms with Crippen LogP contribution in [0.3, 0.4) is 0 Å². The third-order valence-corrected chi connectivity index (χ3v) is 4.57. The summed E-state index contributed by atoms with van der Waals surface area (Å²) in [7, 11) is 0. The summed E-state index contributed by atoms with van der Waals surface area (Å²) in [4.78, 5) is 24.7. The second kappa shape index (κ2) is 9.74. The second-order valence-electron chi connectivity index (χ2n) is 6.76. The number of carbonyl (C=O) groups is 2. The molecule has 1 unspecified atom stereocenters. The summed E-state index contributed by atoms with van der Waals surface area (Å²) in [5.74, 6) is -0.600. The molecule has 0 spiro atoms. The lowest BCUT2D eigenvalue weighted by molar-refractivity contribution is -0.117. The van der Waals surface area contributed by atoms with E-state index in [1.54, 1.807) is 30.3 Å². The number of hydrogen-bond donors (Lipinski definition) is 3. The highest BCUT2D eigenvalue weighted by molar-refractivity contribution is 6.34. The van der Waals surface area contributed by atoms with E-state index in [0.29, 0.717) is 16.8 Å². The average Bonchev–Trinajstić information content (AvgIpc) is 2.61. The first-order valence-electron chi connectivity index (χ1n) is 8.47. The molecule has 0 aromatic heterocycles. The third-order valence-electron chi connectivity index (χ3n) is 4.26. The number of benzene rings is 2. The van der Waals surface area contributed by atoms with E-state index in [4.69, 9.17) is 17.3 Å². The van der Waals surface area contributed by atoms with Gasteiger partial charge in [-0.3, -0.25) is 9.59 Å². The van der Waals surface area contributed by atoms with Crippen LogP contribution in [-0.2, 0) is 4.79 Å². The predicted octanol–water partition coefficient (Wildman–Crippen LogP) is 4.32. The van der Waals surface area contributed by atoms with Gasteiger partial charge >= 0.3 is 0 Å². The lowest BCUT2D eigenvalue weighted by Crippen LogP contribution is -2.42. The van der Waals surface area contributed by atoms with E-state index in [9.17, 15) is 9.59 Å². The van der Waals surface area contributed by atoms with Crippen molar-refractivity contribution in [3.63, 3.8) is 0 Å². The van der Waals surface area contributed by atoms with Gasteiger partial charge in [0.1, 0.15) is 6.04 Å². The fraction of sp³-hybridized carbons (Fsp3) is 0.300. The summed E-state index contributed by atoms with van der Waals surface area (Å²) < 4.78 is 0. The maximum atomic E-state index is 12.4. The Balaban J connectivity index is 0.00000364. The molecule has 2 aromatic carbocycles. The summed E-state index contributed by atoms with van der Waals surface area (Å²) in [5.41, 5.74) is 7.21. The molecule has 2 rings (SSSR count). The van der Waals surface area contributed by atoms with Crippen molar-refractivity contribution in [3.05, 3.63) is 64.7 Å². The Labute approximate surface area is 171 Å². The number of rotatable bonds is 6. The lowest BCUT2D eigenvalue weighted by Gasteiger charge is -2.24. The molecule has 0 radical (unpaired) electrons. The zero-order valence-electron chi connectivity index (χ0n) is 15.6. The molecule has 0 aliphatic heterocycles. The Kier molecular flexibility index (Phi) is 8.28. The fourth-order valence-corrected chi connectivity index (χ4v) is 2.54. The highest BCUT2D eigenvalue weighted by Crippen LogP contribution is 2.23. The summed E-state index contributed by atoms with van der Waals surface area (Å²) >= 11 is 6.23. The molecule has 0 aliphatic carbocycles. The monoisotopic (exact) mass is 409 g/mol. The molecular weight excluding hydrogens is 385 g/mol. The predicted molar refractivity (Wildman–Crippen MR) is 113 cm³/mol. The Bertz CT molecular complexity index is 795. The minimum atomic E-state index is -0.789. The molecule has 2 aromatic rings. The lowest BCUT2D eigenvalue weighted by atomic mass is 10.0. The summed E-state index contributed by atoms with van der Waals surface area (Å²) in [6.45, 7) is 5.88. The van der Waals surface area contributed by atoms with Crippen LogP contribution in [0, 0.1) is 0 Å². The summed E-state index contributed by atoms with van der Waals surface area (Å²) in [5, 5.41) is 5.92. The van der Waals surface area contributed by atoms with Crippen molar-refractivity contribution in [2.45, 2.75) is 38.8 Å². The fourth-order valence-electron chi connectivity index (χ4n) is 2.27. The quantitative estimate of drug-likeness (QED) is 0.663. The Hall–Kier alpha value is -2.08. The van der Waals surface area contributed by atoms with Gasteiger partial charge in [0.15, 0.2) is 0 Å². The van der Waals surface area contributed by atoms with Crippen LogP contribution in [0.5, 0.6) is 0 Å². The molecule has 0 bridgehead atoms. The highest BCUT2D eigenvalue weighted by Gasteiger charge is 2.21. The smallest absolute Gasteiger partial charge is 0.253 e. The van der Waals surface area contributed by atoms with Crippen molar-refractivity contribution in [2.24, 2.45) is 5.73 Å². The number of amides is 2. The molecule has 0 fully saturated rings. The highest BCUT2D eigenvalue weighted by atomic mass is 35.5. The molecule has 0 heterocycles. The minimum Gasteiger partial charge on any atom is -0.347 e. The first-order valence-corrected chi connectivity index (χ1v) is 8.85. The largest absolute Gasteiger partial charge is 0.347 e. The van der Waals surface area contributed by atoms with Gasteiger partial charge < -0.3 is 16.4 Å². The molecule has 7 heteroatoms.